The number of carbonyl (C=O) groups excluding carboxylic acids is 2. The summed E-state index contributed by atoms with van der Waals surface area (Å²) in [6.07, 6.45) is 12.5. The molecule has 1 spiro atoms. The van der Waals surface area contributed by atoms with E-state index < -0.39 is 11.9 Å². The molecule has 31 heavy (non-hydrogen) atoms. The van der Waals surface area contributed by atoms with Gasteiger partial charge in [-0.2, -0.15) is 0 Å². The van der Waals surface area contributed by atoms with Crippen molar-refractivity contribution < 1.29 is 28.5 Å². The van der Waals surface area contributed by atoms with Crippen molar-refractivity contribution in [2.75, 3.05) is 0 Å². The minimum Gasteiger partial charge on any atom is -0.465 e. The second kappa shape index (κ2) is 5.74. The standard InChI is InChI=1S/C25H32O6/c1-22-8-5-15(28-13-26)11-14(22)3-4-17-16(22)6-9-23(2)18(12-19-25(17,23)30-19)24-10-7-20(27)29-21(24)31-24/h7,10,13-19,21H,3-6,8-9,11-12H2,1-2H3. The first kappa shape index (κ1) is 19.1. The zero-order valence-electron chi connectivity index (χ0n) is 18.4. The average Bonchev–Trinajstić information content (AvgIpc) is 3.63. The predicted octanol–water partition coefficient (Wildman–Crippen LogP) is 3.53. The fraction of sp³-hybridized carbons (Fsp3) is 0.840. The van der Waals surface area contributed by atoms with Crippen LogP contribution in [0.15, 0.2) is 12.2 Å². The van der Waals surface area contributed by atoms with E-state index in [0.29, 0.717) is 41.7 Å². The Morgan fingerprint density at radius 3 is 2.74 bits per heavy atom. The highest BCUT2D eigenvalue weighted by atomic mass is 16.8. The summed E-state index contributed by atoms with van der Waals surface area (Å²) >= 11 is 0. The van der Waals surface area contributed by atoms with Crippen LogP contribution in [0.4, 0.5) is 0 Å². The minimum absolute atomic E-state index is 0.0365. The van der Waals surface area contributed by atoms with Gasteiger partial charge >= 0.3 is 5.97 Å². The van der Waals surface area contributed by atoms with E-state index in [9.17, 15) is 9.59 Å². The van der Waals surface area contributed by atoms with Crippen molar-refractivity contribution in [3.63, 3.8) is 0 Å². The average molecular weight is 429 g/mol. The predicted molar refractivity (Wildman–Crippen MR) is 108 cm³/mol. The molecular formula is C25H32O6. The maximum atomic E-state index is 11.7. The van der Waals surface area contributed by atoms with E-state index in [1.54, 1.807) is 6.08 Å². The molecule has 7 rings (SSSR count). The van der Waals surface area contributed by atoms with Crippen LogP contribution < -0.4 is 0 Å². The zero-order valence-corrected chi connectivity index (χ0v) is 18.4. The molecule has 7 aliphatic rings. The molecular weight excluding hydrogens is 396 g/mol. The van der Waals surface area contributed by atoms with Gasteiger partial charge in [-0.3, -0.25) is 4.79 Å². The lowest BCUT2D eigenvalue weighted by molar-refractivity contribution is -0.160. The molecule has 0 bridgehead atoms. The number of fused-ring (bicyclic) bond motifs is 4. The van der Waals surface area contributed by atoms with E-state index in [2.05, 4.69) is 13.8 Å². The van der Waals surface area contributed by atoms with Gasteiger partial charge in [0.15, 0.2) is 5.60 Å². The summed E-state index contributed by atoms with van der Waals surface area (Å²) in [6, 6.07) is 0. The maximum absolute atomic E-state index is 11.7. The van der Waals surface area contributed by atoms with E-state index in [0.717, 1.165) is 32.1 Å². The van der Waals surface area contributed by atoms with Crippen LogP contribution in [0.1, 0.15) is 65.2 Å². The Bertz CT molecular complexity index is 885. The lowest BCUT2D eigenvalue weighted by atomic mass is 9.43. The van der Waals surface area contributed by atoms with E-state index in [1.165, 1.54) is 19.3 Å². The number of hydrogen-bond donors (Lipinski definition) is 0. The molecule has 0 radical (unpaired) electrons. The van der Waals surface area contributed by atoms with Crippen LogP contribution in [0.5, 0.6) is 0 Å². The molecule has 6 nitrogen and oxygen atoms in total. The van der Waals surface area contributed by atoms with E-state index >= 15 is 0 Å². The fourth-order valence-electron chi connectivity index (χ4n) is 9.63. The van der Waals surface area contributed by atoms with Crippen LogP contribution in [0, 0.1) is 34.5 Å². The van der Waals surface area contributed by atoms with Crippen LogP contribution in [0.2, 0.25) is 0 Å². The van der Waals surface area contributed by atoms with Crippen LogP contribution >= 0.6 is 0 Å². The topological polar surface area (TPSA) is 77.7 Å². The summed E-state index contributed by atoms with van der Waals surface area (Å²) in [6.45, 7) is 5.58. The molecule has 0 aromatic rings. The first-order chi connectivity index (χ1) is 14.9. The third-order valence-corrected chi connectivity index (χ3v) is 11.2. The molecule has 4 saturated carbocycles. The highest BCUT2D eigenvalue weighted by Crippen LogP contribution is 2.79. The van der Waals surface area contributed by atoms with Gasteiger partial charge in [-0.25, -0.2) is 4.79 Å². The molecule has 2 saturated heterocycles. The number of esters is 1. The Kier molecular flexibility index (Phi) is 3.54. The van der Waals surface area contributed by atoms with Crippen molar-refractivity contribution in [3.8, 4) is 0 Å². The number of rotatable bonds is 3. The van der Waals surface area contributed by atoms with Gasteiger partial charge in [-0.05, 0) is 80.6 Å². The third kappa shape index (κ3) is 2.12. The SMILES string of the molecule is CC12CCC(OC=O)CC1CCC1C2CCC2(C)C(C34C=CC(=O)OC3O4)CC3OC312. The van der Waals surface area contributed by atoms with Crippen molar-refractivity contribution in [1.29, 1.82) is 0 Å². The van der Waals surface area contributed by atoms with Crippen LogP contribution in [-0.2, 0) is 28.5 Å². The summed E-state index contributed by atoms with van der Waals surface area (Å²) in [4.78, 5) is 22.5. The van der Waals surface area contributed by atoms with Gasteiger partial charge in [0, 0.05) is 17.4 Å². The fourth-order valence-corrected chi connectivity index (χ4v) is 9.63. The van der Waals surface area contributed by atoms with Gasteiger partial charge in [-0.1, -0.05) is 13.8 Å². The largest absolute Gasteiger partial charge is 0.465 e. The lowest BCUT2D eigenvalue weighted by Crippen LogP contribution is -2.59. The second-order valence-electron chi connectivity index (χ2n) is 11.8. The first-order valence-electron chi connectivity index (χ1n) is 12.2. The second-order valence-corrected chi connectivity index (χ2v) is 11.8. The van der Waals surface area contributed by atoms with Crippen molar-refractivity contribution in [3.05, 3.63) is 12.2 Å². The quantitative estimate of drug-likeness (QED) is 0.389. The van der Waals surface area contributed by atoms with E-state index in [-0.39, 0.29) is 23.1 Å². The zero-order chi connectivity index (χ0) is 21.2. The first-order valence-corrected chi connectivity index (χ1v) is 12.2. The molecule has 3 aliphatic heterocycles. The molecule has 168 valence electrons. The number of ether oxygens (including phenoxy) is 4. The van der Waals surface area contributed by atoms with E-state index in [1.807, 2.05) is 6.08 Å². The number of carbonyl (C=O) groups is 2. The Hall–Kier alpha value is -1.40. The van der Waals surface area contributed by atoms with Crippen LogP contribution in [-0.4, -0.2) is 42.1 Å². The molecule has 0 N–H and O–H groups in total. The molecule has 11 unspecified atom stereocenters. The van der Waals surface area contributed by atoms with Crippen molar-refractivity contribution in [2.45, 2.75) is 94.9 Å². The molecule has 0 amide bonds. The minimum atomic E-state index is -0.426. The van der Waals surface area contributed by atoms with Gasteiger partial charge in [-0.15, -0.1) is 0 Å². The molecule has 6 fully saturated rings. The van der Waals surface area contributed by atoms with Gasteiger partial charge in [0.1, 0.15) is 11.7 Å². The normalized spacial score (nSPS) is 60.5. The summed E-state index contributed by atoms with van der Waals surface area (Å²) in [5.74, 6) is 1.96. The van der Waals surface area contributed by atoms with Crippen molar-refractivity contribution >= 4 is 12.4 Å². The van der Waals surface area contributed by atoms with Gasteiger partial charge < -0.3 is 18.9 Å². The lowest BCUT2D eigenvalue weighted by Gasteiger charge is -2.61. The van der Waals surface area contributed by atoms with Crippen molar-refractivity contribution in [2.24, 2.45) is 34.5 Å². The molecule has 0 aromatic heterocycles. The summed E-state index contributed by atoms with van der Waals surface area (Å²) in [5, 5.41) is 0. The smallest absolute Gasteiger partial charge is 0.332 e. The Balaban J connectivity index is 1.19. The van der Waals surface area contributed by atoms with Crippen LogP contribution in [0.3, 0.4) is 0 Å². The molecule has 3 heterocycles. The maximum Gasteiger partial charge on any atom is 0.332 e. The highest BCUT2D eigenvalue weighted by Gasteiger charge is 2.85. The Labute approximate surface area is 183 Å². The molecule has 0 aromatic carbocycles. The van der Waals surface area contributed by atoms with Gasteiger partial charge in [0.2, 0.25) is 6.29 Å². The highest BCUT2D eigenvalue weighted by molar-refractivity contribution is 5.84. The summed E-state index contributed by atoms with van der Waals surface area (Å²) < 4.78 is 23.5. The van der Waals surface area contributed by atoms with Gasteiger partial charge in [0.05, 0.1) is 6.10 Å². The third-order valence-electron chi connectivity index (χ3n) is 11.2. The number of hydrogen-bond acceptors (Lipinski definition) is 6. The Morgan fingerprint density at radius 1 is 1.06 bits per heavy atom. The molecule has 4 aliphatic carbocycles. The van der Waals surface area contributed by atoms with E-state index in [4.69, 9.17) is 18.9 Å². The summed E-state index contributed by atoms with van der Waals surface area (Å²) in [5.41, 5.74) is -0.0912. The monoisotopic (exact) mass is 428 g/mol. The van der Waals surface area contributed by atoms with Crippen molar-refractivity contribution in [1.82, 2.24) is 0 Å². The number of epoxide rings is 2. The van der Waals surface area contributed by atoms with Gasteiger partial charge in [0.25, 0.3) is 6.47 Å². The molecule has 6 heteroatoms. The summed E-state index contributed by atoms with van der Waals surface area (Å²) in [7, 11) is 0. The molecule has 11 atom stereocenters. The van der Waals surface area contributed by atoms with Crippen LogP contribution in [0.25, 0.3) is 0 Å². The Morgan fingerprint density at radius 2 is 1.94 bits per heavy atom.